The van der Waals surface area contributed by atoms with Gasteiger partial charge in [0.25, 0.3) is 0 Å². The fourth-order valence-corrected chi connectivity index (χ4v) is 2.01. The van der Waals surface area contributed by atoms with Gasteiger partial charge in [0.2, 0.25) is 23.6 Å². The standard InChI is InChI=1S/C15H28N8O6/c16-8(3-4-10(17)24)13(28)23-9(2-1-5-20-15(18)19)14(29)22-6-11(25)21-7-12(26)27/h8-9H,1-7,16H2,(H2,17,24)(H,21,25)(H,22,29)(H,23,28)(H,26,27)(H4,18,19,20). The van der Waals surface area contributed by atoms with Crippen molar-refractivity contribution in [2.24, 2.45) is 27.9 Å². The number of aliphatic carboxylic acids is 1. The van der Waals surface area contributed by atoms with Crippen LogP contribution in [-0.4, -0.2) is 72.4 Å². The molecular formula is C15H28N8O6. The normalized spacial score (nSPS) is 12.2. The highest BCUT2D eigenvalue weighted by atomic mass is 16.4. The maximum atomic E-state index is 12.3. The van der Waals surface area contributed by atoms with Crippen molar-refractivity contribution >= 4 is 35.6 Å². The van der Waals surface area contributed by atoms with Gasteiger partial charge in [-0.25, -0.2) is 0 Å². The molecule has 0 radical (unpaired) electrons. The predicted molar refractivity (Wildman–Crippen MR) is 102 cm³/mol. The summed E-state index contributed by atoms with van der Waals surface area (Å²) in [5.74, 6) is -4.06. The number of carbonyl (C=O) groups is 5. The van der Waals surface area contributed by atoms with Crippen molar-refractivity contribution in [2.75, 3.05) is 19.6 Å². The number of guanidine groups is 1. The highest BCUT2D eigenvalue weighted by Crippen LogP contribution is 2.01. The lowest BCUT2D eigenvalue weighted by molar-refractivity contribution is -0.138. The van der Waals surface area contributed by atoms with E-state index >= 15 is 0 Å². The molecule has 0 spiro atoms. The Kier molecular flexibility index (Phi) is 12.1. The van der Waals surface area contributed by atoms with Crippen molar-refractivity contribution in [1.29, 1.82) is 0 Å². The van der Waals surface area contributed by atoms with Gasteiger partial charge in [-0.2, -0.15) is 0 Å². The van der Waals surface area contributed by atoms with E-state index in [4.69, 9.17) is 28.0 Å². The van der Waals surface area contributed by atoms with Crippen LogP contribution in [0.3, 0.4) is 0 Å². The molecule has 0 aromatic rings. The number of nitrogens with zero attached hydrogens (tertiary/aromatic N) is 1. The molecule has 0 saturated heterocycles. The number of amides is 4. The third-order valence-electron chi connectivity index (χ3n) is 3.48. The molecule has 2 unspecified atom stereocenters. The van der Waals surface area contributed by atoms with Crippen LogP contribution in [0.2, 0.25) is 0 Å². The largest absolute Gasteiger partial charge is 0.480 e. The monoisotopic (exact) mass is 416 g/mol. The quantitative estimate of drug-likeness (QED) is 0.0768. The van der Waals surface area contributed by atoms with Gasteiger partial charge in [-0.05, 0) is 19.3 Å². The highest BCUT2D eigenvalue weighted by Gasteiger charge is 2.24. The van der Waals surface area contributed by atoms with E-state index < -0.39 is 54.8 Å². The van der Waals surface area contributed by atoms with Crippen LogP contribution in [-0.2, 0) is 24.0 Å². The minimum Gasteiger partial charge on any atom is -0.480 e. The van der Waals surface area contributed by atoms with E-state index in [0.29, 0.717) is 6.42 Å². The van der Waals surface area contributed by atoms with Crippen molar-refractivity contribution in [3.05, 3.63) is 0 Å². The zero-order valence-electron chi connectivity index (χ0n) is 15.8. The molecule has 0 aliphatic heterocycles. The molecule has 0 aliphatic rings. The molecule has 2 atom stereocenters. The zero-order valence-corrected chi connectivity index (χ0v) is 15.8. The lowest BCUT2D eigenvalue weighted by Gasteiger charge is -2.20. The molecule has 0 saturated carbocycles. The lowest BCUT2D eigenvalue weighted by atomic mass is 10.1. The fraction of sp³-hybridized carbons (Fsp3) is 0.600. The summed E-state index contributed by atoms with van der Waals surface area (Å²) in [5, 5.41) is 15.3. The Bertz CT molecular complexity index is 634. The molecule has 0 aliphatic carbocycles. The summed E-state index contributed by atoms with van der Waals surface area (Å²) in [4.78, 5) is 60.9. The number of carboxylic acids is 1. The second-order valence-corrected chi connectivity index (χ2v) is 6.01. The van der Waals surface area contributed by atoms with Crippen LogP contribution in [0.5, 0.6) is 0 Å². The van der Waals surface area contributed by atoms with Crippen molar-refractivity contribution < 1.29 is 29.1 Å². The molecule has 12 N–H and O–H groups in total. The van der Waals surface area contributed by atoms with Crippen LogP contribution in [0, 0.1) is 0 Å². The Morgan fingerprint density at radius 2 is 1.59 bits per heavy atom. The van der Waals surface area contributed by atoms with Crippen LogP contribution in [0.25, 0.3) is 0 Å². The minimum absolute atomic E-state index is 0.00109. The van der Waals surface area contributed by atoms with E-state index in [-0.39, 0.29) is 31.8 Å². The van der Waals surface area contributed by atoms with Crippen LogP contribution < -0.4 is 38.9 Å². The third-order valence-corrected chi connectivity index (χ3v) is 3.48. The zero-order chi connectivity index (χ0) is 22.4. The molecular weight excluding hydrogens is 388 g/mol. The number of hydrogen-bond acceptors (Lipinski definition) is 7. The first-order chi connectivity index (χ1) is 13.5. The van der Waals surface area contributed by atoms with Crippen LogP contribution in [0.15, 0.2) is 4.99 Å². The molecule has 0 heterocycles. The maximum Gasteiger partial charge on any atom is 0.322 e. The molecule has 4 amide bonds. The summed E-state index contributed by atoms with van der Waals surface area (Å²) in [6.45, 7) is -0.878. The van der Waals surface area contributed by atoms with Gasteiger partial charge in [0.1, 0.15) is 12.6 Å². The maximum absolute atomic E-state index is 12.3. The number of carbonyl (C=O) groups excluding carboxylic acids is 4. The molecule has 0 fully saturated rings. The Morgan fingerprint density at radius 3 is 2.14 bits per heavy atom. The van der Waals surface area contributed by atoms with Crippen molar-refractivity contribution in [1.82, 2.24) is 16.0 Å². The van der Waals surface area contributed by atoms with Gasteiger partial charge in [-0.3, -0.25) is 29.0 Å². The predicted octanol–water partition coefficient (Wildman–Crippen LogP) is -4.57. The summed E-state index contributed by atoms with van der Waals surface area (Å²) in [6.07, 6.45) is 0.367. The summed E-state index contributed by atoms with van der Waals surface area (Å²) >= 11 is 0. The smallest absolute Gasteiger partial charge is 0.322 e. The third kappa shape index (κ3) is 13.4. The molecule has 14 heteroatoms. The van der Waals surface area contributed by atoms with Crippen molar-refractivity contribution in [2.45, 2.75) is 37.8 Å². The summed E-state index contributed by atoms with van der Waals surface area (Å²) in [5.41, 5.74) is 21.1. The average Bonchev–Trinajstić information content (AvgIpc) is 2.64. The molecule has 29 heavy (non-hydrogen) atoms. The van der Waals surface area contributed by atoms with Crippen LogP contribution in [0.4, 0.5) is 0 Å². The van der Waals surface area contributed by atoms with E-state index in [0.717, 1.165) is 0 Å². The first-order valence-corrected chi connectivity index (χ1v) is 8.68. The lowest BCUT2D eigenvalue weighted by Crippen LogP contribution is -2.53. The first kappa shape index (κ1) is 25.6. The van der Waals surface area contributed by atoms with E-state index in [1.807, 2.05) is 0 Å². The van der Waals surface area contributed by atoms with Gasteiger partial charge in [0, 0.05) is 13.0 Å². The summed E-state index contributed by atoms with van der Waals surface area (Å²) in [7, 11) is 0. The second kappa shape index (κ2) is 13.7. The number of nitrogens with one attached hydrogen (secondary N) is 3. The average molecular weight is 416 g/mol. The van der Waals surface area contributed by atoms with Gasteiger partial charge in [0.15, 0.2) is 5.96 Å². The van der Waals surface area contributed by atoms with Gasteiger partial charge in [-0.15, -0.1) is 0 Å². The van der Waals surface area contributed by atoms with Crippen LogP contribution in [0.1, 0.15) is 25.7 Å². The van der Waals surface area contributed by atoms with E-state index in [9.17, 15) is 24.0 Å². The van der Waals surface area contributed by atoms with E-state index in [1.165, 1.54) is 0 Å². The Labute approximate surface area is 166 Å². The minimum atomic E-state index is -1.24. The first-order valence-electron chi connectivity index (χ1n) is 8.68. The number of carboxylic acid groups (broad SMARTS) is 1. The summed E-state index contributed by atoms with van der Waals surface area (Å²) in [6, 6.07) is -2.11. The Balaban J connectivity index is 4.80. The van der Waals surface area contributed by atoms with Gasteiger partial charge in [0.05, 0.1) is 12.6 Å². The molecule has 0 aromatic heterocycles. The van der Waals surface area contributed by atoms with Crippen molar-refractivity contribution in [3.63, 3.8) is 0 Å². The van der Waals surface area contributed by atoms with Gasteiger partial charge >= 0.3 is 5.97 Å². The van der Waals surface area contributed by atoms with Crippen LogP contribution >= 0.6 is 0 Å². The SMILES string of the molecule is NC(=O)CCC(N)C(=O)NC(CCCN=C(N)N)C(=O)NCC(=O)NCC(=O)O. The Hall–Kier alpha value is -3.42. The van der Waals surface area contributed by atoms with E-state index in [1.54, 1.807) is 0 Å². The molecule has 164 valence electrons. The fourth-order valence-electron chi connectivity index (χ4n) is 2.01. The second-order valence-electron chi connectivity index (χ2n) is 6.01. The number of primary amides is 1. The van der Waals surface area contributed by atoms with E-state index in [2.05, 4.69) is 20.9 Å². The van der Waals surface area contributed by atoms with Crippen molar-refractivity contribution in [3.8, 4) is 0 Å². The molecule has 0 rings (SSSR count). The molecule has 14 nitrogen and oxygen atoms in total. The topological polar surface area (TPSA) is 258 Å². The summed E-state index contributed by atoms with van der Waals surface area (Å²) < 4.78 is 0. The van der Waals surface area contributed by atoms with Gasteiger partial charge < -0.3 is 44.0 Å². The number of aliphatic imine (C=N–C) groups is 1. The highest BCUT2D eigenvalue weighted by molar-refractivity contribution is 5.92. The molecule has 0 aromatic carbocycles. The number of hydrogen-bond donors (Lipinski definition) is 8. The number of rotatable bonds is 14. The van der Waals surface area contributed by atoms with Gasteiger partial charge in [-0.1, -0.05) is 0 Å². The Morgan fingerprint density at radius 1 is 0.931 bits per heavy atom. The number of nitrogens with two attached hydrogens (primary N) is 4. The molecule has 0 bridgehead atoms.